The standard InChI is InChI=1S/C13H12ClFN2/c1-8-7-9(4-5-11(8)15)12(16)13-10(14)3-2-6-17-13/h2-7,12H,16H2,1H3. The number of halogens is 2. The van der Waals surface area contributed by atoms with Gasteiger partial charge in [-0.1, -0.05) is 23.7 Å². The number of benzene rings is 1. The van der Waals surface area contributed by atoms with Gasteiger partial charge < -0.3 is 5.73 Å². The maximum absolute atomic E-state index is 13.2. The van der Waals surface area contributed by atoms with E-state index in [0.29, 0.717) is 16.3 Å². The second-order valence-corrected chi connectivity index (χ2v) is 4.26. The van der Waals surface area contributed by atoms with Crippen LogP contribution in [0.2, 0.25) is 5.02 Å². The van der Waals surface area contributed by atoms with Gasteiger partial charge in [-0.25, -0.2) is 4.39 Å². The zero-order valence-corrected chi connectivity index (χ0v) is 10.1. The highest BCUT2D eigenvalue weighted by Gasteiger charge is 2.14. The van der Waals surface area contributed by atoms with Gasteiger partial charge in [-0.05, 0) is 36.2 Å². The molecule has 1 aromatic carbocycles. The van der Waals surface area contributed by atoms with Gasteiger partial charge >= 0.3 is 0 Å². The highest BCUT2D eigenvalue weighted by molar-refractivity contribution is 6.31. The van der Waals surface area contributed by atoms with Gasteiger partial charge in [0.05, 0.1) is 16.8 Å². The molecule has 2 aromatic rings. The Morgan fingerprint density at radius 2 is 2.12 bits per heavy atom. The number of rotatable bonds is 2. The molecule has 0 spiro atoms. The molecule has 1 aromatic heterocycles. The first-order valence-electron chi connectivity index (χ1n) is 5.21. The van der Waals surface area contributed by atoms with E-state index in [1.54, 1.807) is 37.4 Å². The van der Waals surface area contributed by atoms with E-state index in [-0.39, 0.29) is 5.82 Å². The van der Waals surface area contributed by atoms with Crippen LogP contribution in [0, 0.1) is 12.7 Å². The van der Waals surface area contributed by atoms with Crippen molar-refractivity contribution in [2.24, 2.45) is 5.73 Å². The average Bonchev–Trinajstić information content (AvgIpc) is 2.32. The Labute approximate surface area is 104 Å². The second-order valence-electron chi connectivity index (χ2n) is 3.86. The first-order valence-corrected chi connectivity index (χ1v) is 5.59. The molecule has 1 unspecified atom stereocenters. The molecule has 0 saturated heterocycles. The summed E-state index contributed by atoms with van der Waals surface area (Å²) in [6.07, 6.45) is 1.64. The van der Waals surface area contributed by atoms with Crippen LogP contribution in [-0.2, 0) is 0 Å². The van der Waals surface area contributed by atoms with Crippen molar-refractivity contribution >= 4 is 11.6 Å². The molecule has 2 rings (SSSR count). The lowest BCUT2D eigenvalue weighted by Crippen LogP contribution is -2.14. The van der Waals surface area contributed by atoms with Crippen molar-refractivity contribution in [3.8, 4) is 0 Å². The number of nitrogens with zero attached hydrogens (tertiary/aromatic N) is 1. The highest BCUT2D eigenvalue weighted by Crippen LogP contribution is 2.25. The summed E-state index contributed by atoms with van der Waals surface area (Å²) in [5.74, 6) is -0.243. The summed E-state index contributed by atoms with van der Waals surface area (Å²) < 4.78 is 13.2. The largest absolute Gasteiger partial charge is 0.319 e. The van der Waals surface area contributed by atoms with Crippen LogP contribution in [0.15, 0.2) is 36.5 Å². The lowest BCUT2D eigenvalue weighted by Gasteiger charge is -2.13. The van der Waals surface area contributed by atoms with Crippen molar-refractivity contribution in [3.05, 3.63) is 64.2 Å². The van der Waals surface area contributed by atoms with Crippen LogP contribution in [0.3, 0.4) is 0 Å². The van der Waals surface area contributed by atoms with Gasteiger partial charge in [-0.15, -0.1) is 0 Å². The van der Waals surface area contributed by atoms with E-state index in [0.717, 1.165) is 5.56 Å². The number of aromatic nitrogens is 1. The van der Waals surface area contributed by atoms with E-state index in [1.165, 1.54) is 6.07 Å². The number of aryl methyl sites for hydroxylation is 1. The van der Waals surface area contributed by atoms with Crippen LogP contribution in [0.1, 0.15) is 22.9 Å². The van der Waals surface area contributed by atoms with Gasteiger partial charge in [0.25, 0.3) is 0 Å². The molecule has 4 heteroatoms. The molecule has 0 aliphatic heterocycles. The predicted molar refractivity (Wildman–Crippen MR) is 66.4 cm³/mol. The second kappa shape index (κ2) is 4.82. The lowest BCUT2D eigenvalue weighted by atomic mass is 10.0. The van der Waals surface area contributed by atoms with Gasteiger partial charge in [0, 0.05) is 6.20 Å². The van der Waals surface area contributed by atoms with Crippen LogP contribution >= 0.6 is 11.6 Å². The third kappa shape index (κ3) is 2.46. The average molecular weight is 251 g/mol. The van der Waals surface area contributed by atoms with E-state index < -0.39 is 6.04 Å². The third-order valence-corrected chi connectivity index (χ3v) is 2.94. The zero-order valence-electron chi connectivity index (χ0n) is 9.32. The molecular formula is C13H12ClFN2. The van der Waals surface area contributed by atoms with Crippen LogP contribution < -0.4 is 5.73 Å². The summed E-state index contributed by atoms with van der Waals surface area (Å²) in [5.41, 5.74) is 8.02. The third-order valence-electron chi connectivity index (χ3n) is 2.62. The van der Waals surface area contributed by atoms with Gasteiger partial charge in [-0.2, -0.15) is 0 Å². The first-order chi connectivity index (χ1) is 8.09. The molecule has 0 aliphatic carbocycles. The SMILES string of the molecule is Cc1cc(C(N)c2ncccc2Cl)ccc1F. The minimum atomic E-state index is -0.442. The summed E-state index contributed by atoms with van der Waals surface area (Å²) >= 11 is 6.02. The molecule has 1 atom stereocenters. The molecule has 2 nitrogen and oxygen atoms in total. The monoisotopic (exact) mass is 250 g/mol. The summed E-state index contributed by atoms with van der Waals surface area (Å²) in [5, 5.41) is 0.516. The van der Waals surface area contributed by atoms with Crippen LogP contribution in [0.25, 0.3) is 0 Å². The zero-order chi connectivity index (χ0) is 12.4. The number of hydrogen-bond donors (Lipinski definition) is 1. The topological polar surface area (TPSA) is 38.9 Å². The minimum absolute atomic E-state index is 0.243. The summed E-state index contributed by atoms with van der Waals surface area (Å²) in [6.45, 7) is 1.70. The fourth-order valence-electron chi connectivity index (χ4n) is 1.65. The maximum Gasteiger partial charge on any atom is 0.126 e. The van der Waals surface area contributed by atoms with E-state index in [9.17, 15) is 4.39 Å². The van der Waals surface area contributed by atoms with Crippen molar-refractivity contribution in [2.75, 3.05) is 0 Å². The number of nitrogens with two attached hydrogens (primary N) is 1. The van der Waals surface area contributed by atoms with Crippen molar-refractivity contribution in [1.82, 2.24) is 4.98 Å². The highest BCUT2D eigenvalue weighted by atomic mass is 35.5. The molecule has 17 heavy (non-hydrogen) atoms. The molecule has 0 fully saturated rings. The van der Waals surface area contributed by atoms with Gasteiger partial charge in [0.15, 0.2) is 0 Å². The Bertz CT molecular complexity index is 543. The Morgan fingerprint density at radius 3 is 2.76 bits per heavy atom. The van der Waals surface area contributed by atoms with Gasteiger partial charge in [0.1, 0.15) is 5.82 Å². The Kier molecular flexibility index (Phi) is 3.41. The quantitative estimate of drug-likeness (QED) is 0.889. The summed E-state index contributed by atoms with van der Waals surface area (Å²) in [7, 11) is 0. The van der Waals surface area contributed by atoms with E-state index in [1.807, 2.05) is 0 Å². The van der Waals surface area contributed by atoms with E-state index in [4.69, 9.17) is 17.3 Å². The normalized spacial score (nSPS) is 12.5. The molecule has 0 radical (unpaired) electrons. The maximum atomic E-state index is 13.2. The van der Waals surface area contributed by atoms with Crippen molar-refractivity contribution in [3.63, 3.8) is 0 Å². The van der Waals surface area contributed by atoms with Gasteiger partial charge in [0.2, 0.25) is 0 Å². The molecule has 0 amide bonds. The van der Waals surface area contributed by atoms with Crippen LogP contribution in [0.4, 0.5) is 4.39 Å². The van der Waals surface area contributed by atoms with Crippen molar-refractivity contribution in [2.45, 2.75) is 13.0 Å². The molecule has 0 bridgehead atoms. The smallest absolute Gasteiger partial charge is 0.126 e. The molecule has 2 N–H and O–H groups in total. The molecule has 0 aliphatic rings. The fraction of sp³-hybridized carbons (Fsp3) is 0.154. The van der Waals surface area contributed by atoms with Gasteiger partial charge in [-0.3, -0.25) is 4.98 Å². The fourth-order valence-corrected chi connectivity index (χ4v) is 1.89. The summed E-state index contributed by atoms with van der Waals surface area (Å²) in [6, 6.07) is 7.81. The van der Waals surface area contributed by atoms with Crippen molar-refractivity contribution in [1.29, 1.82) is 0 Å². The predicted octanol–water partition coefficient (Wildman–Crippen LogP) is 3.23. The molecule has 0 saturated carbocycles. The number of pyridine rings is 1. The minimum Gasteiger partial charge on any atom is -0.319 e. The molecular weight excluding hydrogens is 239 g/mol. The summed E-state index contributed by atoms with van der Waals surface area (Å²) in [4.78, 5) is 4.16. The van der Waals surface area contributed by atoms with E-state index >= 15 is 0 Å². The van der Waals surface area contributed by atoms with E-state index in [2.05, 4.69) is 4.98 Å². The van der Waals surface area contributed by atoms with Crippen molar-refractivity contribution < 1.29 is 4.39 Å². The molecule has 1 heterocycles. The first kappa shape index (κ1) is 12.0. The number of hydrogen-bond acceptors (Lipinski definition) is 2. The van der Waals surface area contributed by atoms with Crippen LogP contribution in [-0.4, -0.2) is 4.98 Å². The molecule has 88 valence electrons. The Balaban J connectivity index is 2.40. The lowest BCUT2D eigenvalue weighted by molar-refractivity contribution is 0.616. The Morgan fingerprint density at radius 1 is 1.35 bits per heavy atom. The Hall–Kier alpha value is -1.45. The van der Waals surface area contributed by atoms with Crippen LogP contribution in [0.5, 0.6) is 0 Å².